The Labute approximate surface area is 154 Å². The molecule has 0 amide bonds. The molecule has 4 rings (SSSR count). The predicted octanol–water partition coefficient (Wildman–Crippen LogP) is 3.06. The minimum Gasteiger partial charge on any atom is -0.396 e. The third-order valence-electron chi connectivity index (χ3n) is 5.98. The summed E-state index contributed by atoms with van der Waals surface area (Å²) in [6.07, 6.45) is 12.1. The lowest BCUT2D eigenvalue weighted by Crippen LogP contribution is -2.16. The molecule has 0 unspecified atom stereocenters. The van der Waals surface area contributed by atoms with Gasteiger partial charge in [0.05, 0.1) is 6.33 Å². The Morgan fingerprint density at radius 2 is 1.81 bits per heavy atom. The second kappa shape index (κ2) is 7.63. The van der Waals surface area contributed by atoms with Crippen molar-refractivity contribution in [3.63, 3.8) is 0 Å². The Kier molecular flexibility index (Phi) is 5.07. The third kappa shape index (κ3) is 3.54. The van der Waals surface area contributed by atoms with E-state index in [1.165, 1.54) is 25.7 Å². The average Bonchev–Trinajstić information content (AvgIpc) is 3.31. The van der Waals surface area contributed by atoms with Crippen LogP contribution in [0.4, 0.5) is 5.82 Å². The maximum Gasteiger partial charge on any atom is 0.208 e. The Bertz CT molecular complexity index is 820. The number of fused-ring (bicyclic) bond motifs is 1. The number of aliphatic hydroxyl groups is 1. The fourth-order valence-electron chi connectivity index (χ4n) is 4.34. The molecule has 2 saturated carbocycles. The number of imidazole rings is 1. The van der Waals surface area contributed by atoms with Crippen LogP contribution in [0, 0.1) is 23.7 Å². The predicted molar refractivity (Wildman–Crippen MR) is 101 cm³/mol. The van der Waals surface area contributed by atoms with Gasteiger partial charge in [0.25, 0.3) is 0 Å². The number of nitrogens with zero attached hydrogens (tertiary/aromatic N) is 4. The zero-order valence-corrected chi connectivity index (χ0v) is 15.2. The molecule has 0 aliphatic heterocycles. The van der Waals surface area contributed by atoms with Crippen LogP contribution in [0.15, 0.2) is 6.33 Å². The first-order valence-corrected chi connectivity index (χ1v) is 9.84. The molecular formula is C20H27N5O. The summed E-state index contributed by atoms with van der Waals surface area (Å²) in [7, 11) is 0. The summed E-state index contributed by atoms with van der Waals surface area (Å²) in [5.74, 6) is 8.39. The molecule has 2 heterocycles. The number of nitrogen functional groups attached to an aromatic ring is 1. The van der Waals surface area contributed by atoms with Crippen molar-refractivity contribution in [2.24, 2.45) is 11.8 Å². The first-order valence-electron chi connectivity index (χ1n) is 9.84. The maximum atomic E-state index is 9.23. The molecule has 0 atom stereocenters. The van der Waals surface area contributed by atoms with Crippen molar-refractivity contribution in [2.75, 3.05) is 12.3 Å². The van der Waals surface area contributed by atoms with Gasteiger partial charge in [0.15, 0.2) is 11.5 Å². The summed E-state index contributed by atoms with van der Waals surface area (Å²) in [6.45, 7) is 0.320. The van der Waals surface area contributed by atoms with Crippen molar-refractivity contribution in [3.8, 4) is 11.8 Å². The maximum absolute atomic E-state index is 9.23. The number of rotatable bonds is 3. The number of hydrogen-bond donors (Lipinski definition) is 2. The van der Waals surface area contributed by atoms with E-state index in [0.29, 0.717) is 41.6 Å². The number of hydrogen-bond acceptors (Lipinski definition) is 5. The van der Waals surface area contributed by atoms with Crippen LogP contribution in [-0.2, 0) is 0 Å². The molecule has 2 aromatic rings. The number of anilines is 1. The van der Waals surface area contributed by atoms with Crippen LogP contribution >= 0.6 is 0 Å². The van der Waals surface area contributed by atoms with E-state index < -0.39 is 0 Å². The van der Waals surface area contributed by atoms with Crippen molar-refractivity contribution in [2.45, 2.75) is 63.8 Å². The van der Waals surface area contributed by atoms with Crippen LogP contribution in [0.25, 0.3) is 11.2 Å². The standard InChI is InChI=1S/C20H27N5O/c21-19-18-20(25(13-22-18)16-5-1-2-6-16)24-17(23-19)7-3-4-14-8-10-15(12-26)11-9-14/h13-16,26H,1-2,4-6,8-12H2,(H2,21,23,24). The minimum atomic E-state index is 0.320. The van der Waals surface area contributed by atoms with Crippen LogP contribution in [-0.4, -0.2) is 31.2 Å². The number of nitrogens with two attached hydrogens (primary N) is 1. The summed E-state index contributed by atoms with van der Waals surface area (Å²) in [5, 5.41) is 9.23. The van der Waals surface area contributed by atoms with Gasteiger partial charge < -0.3 is 15.4 Å². The molecule has 2 aromatic heterocycles. The van der Waals surface area contributed by atoms with Crippen LogP contribution in [0.1, 0.15) is 69.7 Å². The Morgan fingerprint density at radius 3 is 2.54 bits per heavy atom. The van der Waals surface area contributed by atoms with E-state index in [-0.39, 0.29) is 0 Å². The lowest BCUT2D eigenvalue weighted by atomic mass is 9.81. The minimum absolute atomic E-state index is 0.320. The molecule has 0 spiro atoms. The molecule has 0 bridgehead atoms. The largest absolute Gasteiger partial charge is 0.396 e. The van der Waals surface area contributed by atoms with Crippen molar-refractivity contribution < 1.29 is 5.11 Å². The quantitative estimate of drug-likeness (QED) is 0.828. The summed E-state index contributed by atoms with van der Waals surface area (Å²) in [5.41, 5.74) is 7.60. The summed E-state index contributed by atoms with van der Waals surface area (Å²) >= 11 is 0. The summed E-state index contributed by atoms with van der Waals surface area (Å²) in [4.78, 5) is 13.4. The number of aromatic nitrogens is 4. The topological polar surface area (TPSA) is 89.8 Å². The zero-order chi connectivity index (χ0) is 17.9. The molecular weight excluding hydrogens is 326 g/mol. The van der Waals surface area contributed by atoms with Crippen molar-refractivity contribution in [1.82, 2.24) is 19.5 Å². The monoisotopic (exact) mass is 353 g/mol. The molecule has 6 heteroatoms. The molecule has 0 radical (unpaired) electrons. The highest BCUT2D eigenvalue weighted by atomic mass is 16.3. The summed E-state index contributed by atoms with van der Waals surface area (Å²) in [6, 6.07) is 0.469. The fourth-order valence-corrected chi connectivity index (χ4v) is 4.34. The van der Waals surface area contributed by atoms with Crippen LogP contribution in [0.5, 0.6) is 0 Å². The lowest BCUT2D eigenvalue weighted by Gasteiger charge is -2.25. The van der Waals surface area contributed by atoms with Gasteiger partial charge in [0, 0.05) is 19.1 Å². The van der Waals surface area contributed by atoms with E-state index in [1.54, 1.807) is 0 Å². The Morgan fingerprint density at radius 1 is 1.08 bits per heavy atom. The molecule has 2 aliphatic carbocycles. The zero-order valence-electron chi connectivity index (χ0n) is 15.2. The van der Waals surface area contributed by atoms with E-state index in [1.807, 2.05) is 6.33 Å². The summed E-state index contributed by atoms with van der Waals surface area (Å²) < 4.78 is 2.15. The van der Waals surface area contributed by atoms with Gasteiger partial charge in [-0.2, -0.15) is 0 Å². The smallest absolute Gasteiger partial charge is 0.208 e. The van der Waals surface area contributed by atoms with Crippen LogP contribution in [0.2, 0.25) is 0 Å². The molecule has 0 saturated heterocycles. The number of aliphatic hydroxyl groups excluding tert-OH is 1. The van der Waals surface area contributed by atoms with Gasteiger partial charge in [-0.3, -0.25) is 0 Å². The second-order valence-electron chi connectivity index (χ2n) is 7.77. The van der Waals surface area contributed by atoms with E-state index in [2.05, 4.69) is 31.4 Å². The third-order valence-corrected chi connectivity index (χ3v) is 5.98. The highest BCUT2D eigenvalue weighted by molar-refractivity contribution is 5.82. The molecule has 2 aliphatic rings. The van der Waals surface area contributed by atoms with Gasteiger partial charge in [-0.1, -0.05) is 18.8 Å². The van der Waals surface area contributed by atoms with Gasteiger partial charge in [0.2, 0.25) is 5.82 Å². The SMILES string of the molecule is Nc1nc(C#CCC2CCC(CO)CC2)nc2c1ncn2C1CCCC1. The Balaban J connectivity index is 1.49. The lowest BCUT2D eigenvalue weighted by molar-refractivity contribution is 0.168. The Hall–Kier alpha value is -2.13. The van der Waals surface area contributed by atoms with E-state index in [0.717, 1.165) is 37.8 Å². The highest BCUT2D eigenvalue weighted by Crippen LogP contribution is 2.32. The molecule has 2 fully saturated rings. The van der Waals surface area contributed by atoms with Crippen molar-refractivity contribution in [1.29, 1.82) is 0 Å². The van der Waals surface area contributed by atoms with Gasteiger partial charge in [-0.25, -0.2) is 15.0 Å². The van der Waals surface area contributed by atoms with Gasteiger partial charge in [-0.05, 0) is 56.3 Å². The molecule has 0 aromatic carbocycles. The van der Waals surface area contributed by atoms with Crippen molar-refractivity contribution in [3.05, 3.63) is 12.2 Å². The molecule has 6 nitrogen and oxygen atoms in total. The van der Waals surface area contributed by atoms with Gasteiger partial charge in [0.1, 0.15) is 5.52 Å². The van der Waals surface area contributed by atoms with Gasteiger partial charge in [-0.15, -0.1) is 0 Å². The van der Waals surface area contributed by atoms with Gasteiger partial charge >= 0.3 is 0 Å². The molecule has 26 heavy (non-hydrogen) atoms. The normalized spacial score (nSPS) is 23.9. The van der Waals surface area contributed by atoms with Crippen LogP contribution < -0.4 is 5.73 Å². The highest BCUT2D eigenvalue weighted by Gasteiger charge is 2.21. The molecule has 138 valence electrons. The first-order chi connectivity index (χ1) is 12.7. The van der Waals surface area contributed by atoms with E-state index in [4.69, 9.17) is 5.73 Å². The first kappa shape index (κ1) is 17.3. The van der Waals surface area contributed by atoms with E-state index >= 15 is 0 Å². The van der Waals surface area contributed by atoms with Crippen molar-refractivity contribution >= 4 is 17.0 Å². The second-order valence-corrected chi connectivity index (χ2v) is 7.77. The fraction of sp³-hybridized carbons (Fsp3) is 0.650. The van der Waals surface area contributed by atoms with Crippen LogP contribution in [0.3, 0.4) is 0 Å². The molecule has 3 N–H and O–H groups in total. The average molecular weight is 353 g/mol. The van der Waals surface area contributed by atoms with E-state index in [9.17, 15) is 5.11 Å².